The third-order valence-electron chi connectivity index (χ3n) is 3.54. The summed E-state index contributed by atoms with van der Waals surface area (Å²) in [7, 11) is 0. The molecule has 0 unspecified atom stereocenters. The van der Waals surface area contributed by atoms with Crippen LogP contribution in [0.2, 0.25) is 0 Å². The number of hydrogen-bond donors (Lipinski definition) is 2. The molecule has 3 heterocycles. The largest absolute Gasteiger partial charge is 0.376 e. The number of carbonyl (C=O) groups excluding carboxylic acids is 1. The van der Waals surface area contributed by atoms with Crippen LogP contribution >= 0.6 is 24.0 Å². The predicted molar refractivity (Wildman–Crippen MR) is 88.6 cm³/mol. The highest BCUT2D eigenvalue weighted by Crippen LogP contribution is 2.24. The Balaban J connectivity index is 0.000000205. The molecular formula is C14H23N3OS2. The van der Waals surface area contributed by atoms with Crippen LogP contribution in [0.25, 0.3) is 0 Å². The molecule has 0 aliphatic carbocycles. The van der Waals surface area contributed by atoms with Gasteiger partial charge < -0.3 is 15.5 Å². The molecule has 0 aromatic carbocycles. The van der Waals surface area contributed by atoms with Crippen LogP contribution in [0.4, 0.5) is 0 Å². The van der Waals surface area contributed by atoms with Gasteiger partial charge in [0, 0.05) is 19.3 Å². The zero-order valence-corrected chi connectivity index (χ0v) is 13.5. The number of nitrogens with one attached hydrogen (secondary N) is 2. The van der Waals surface area contributed by atoms with E-state index in [9.17, 15) is 4.79 Å². The summed E-state index contributed by atoms with van der Waals surface area (Å²) in [6, 6.07) is 0. The van der Waals surface area contributed by atoms with Crippen molar-refractivity contribution in [3.05, 3.63) is 11.1 Å². The maximum absolute atomic E-state index is 11.3. The van der Waals surface area contributed by atoms with Crippen molar-refractivity contribution in [2.45, 2.75) is 38.5 Å². The summed E-state index contributed by atoms with van der Waals surface area (Å²) in [5.41, 5.74) is 0. The molecule has 0 atom stereocenters. The smallest absolute Gasteiger partial charge is 0.265 e. The molecule has 0 aromatic rings. The molecule has 4 nitrogen and oxygen atoms in total. The molecule has 0 bridgehead atoms. The average Bonchev–Trinajstić information content (AvgIpc) is 2.80. The first kappa shape index (κ1) is 15.8. The van der Waals surface area contributed by atoms with Crippen molar-refractivity contribution >= 4 is 34.2 Å². The lowest BCUT2D eigenvalue weighted by molar-refractivity contribution is -0.115. The van der Waals surface area contributed by atoms with Crippen molar-refractivity contribution in [3.63, 3.8) is 0 Å². The summed E-state index contributed by atoms with van der Waals surface area (Å²) in [5.74, 6) is -0.0504. The number of piperidine rings is 2. The lowest BCUT2D eigenvalue weighted by Crippen LogP contribution is -2.25. The van der Waals surface area contributed by atoms with E-state index >= 15 is 0 Å². The normalized spacial score (nSPS) is 25.2. The van der Waals surface area contributed by atoms with Gasteiger partial charge in [0.2, 0.25) is 0 Å². The Morgan fingerprint density at radius 1 is 1.05 bits per heavy atom. The summed E-state index contributed by atoms with van der Waals surface area (Å²) >= 11 is 6.27. The average molecular weight is 313 g/mol. The lowest BCUT2D eigenvalue weighted by atomic mass is 10.1. The Kier molecular flexibility index (Phi) is 6.82. The van der Waals surface area contributed by atoms with E-state index in [4.69, 9.17) is 12.2 Å². The Morgan fingerprint density at radius 2 is 1.70 bits per heavy atom. The summed E-state index contributed by atoms with van der Waals surface area (Å²) in [6.07, 6.45) is 9.91. The van der Waals surface area contributed by atoms with Crippen molar-refractivity contribution in [2.24, 2.45) is 0 Å². The van der Waals surface area contributed by atoms with Gasteiger partial charge in [-0.3, -0.25) is 4.79 Å². The summed E-state index contributed by atoms with van der Waals surface area (Å²) in [5, 5.41) is 5.90. The number of hydrogen-bond acceptors (Lipinski definition) is 5. The van der Waals surface area contributed by atoms with Gasteiger partial charge in [0.15, 0.2) is 0 Å². The molecule has 0 radical (unpaired) electrons. The minimum atomic E-state index is -0.0504. The van der Waals surface area contributed by atoms with Gasteiger partial charge in [-0.15, -0.1) is 0 Å². The van der Waals surface area contributed by atoms with Crippen molar-refractivity contribution in [3.8, 4) is 0 Å². The molecule has 6 heteroatoms. The quantitative estimate of drug-likeness (QED) is 0.574. The fraction of sp³-hybridized carbons (Fsp3) is 0.714. The number of thioether (sulfide) groups is 1. The van der Waals surface area contributed by atoms with Gasteiger partial charge >= 0.3 is 0 Å². The van der Waals surface area contributed by atoms with Crippen LogP contribution in [0, 0.1) is 0 Å². The van der Waals surface area contributed by atoms with Gasteiger partial charge in [-0.1, -0.05) is 30.4 Å². The second-order valence-corrected chi connectivity index (χ2v) is 6.96. The summed E-state index contributed by atoms with van der Waals surface area (Å²) < 4.78 is 0.568. The molecule has 3 saturated heterocycles. The number of likely N-dealkylation sites (tertiary alicyclic amines) is 1. The molecule has 3 rings (SSSR count). The predicted octanol–water partition coefficient (Wildman–Crippen LogP) is 2.22. The molecule has 3 fully saturated rings. The maximum atomic E-state index is 11.3. The van der Waals surface area contributed by atoms with Crippen LogP contribution in [-0.2, 0) is 4.79 Å². The second-order valence-electron chi connectivity index (χ2n) is 5.24. The molecule has 1 amide bonds. The van der Waals surface area contributed by atoms with E-state index in [2.05, 4.69) is 15.5 Å². The molecule has 0 aromatic heterocycles. The lowest BCUT2D eigenvalue weighted by Gasteiger charge is -2.25. The summed E-state index contributed by atoms with van der Waals surface area (Å²) in [4.78, 5) is 14.3. The van der Waals surface area contributed by atoms with Crippen LogP contribution < -0.4 is 10.6 Å². The van der Waals surface area contributed by atoms with Crippen molar-refractivity contribution in [1.82, 2.24) is 15.5 Å². The minimum Gasteiger partial charge on any atom is -0.376 e. The number of thiocarbonyl (C=S) groups is 1. The van der Waals surface area contributed by atoms with E-state index in [1.165, 1.54) is 63.4 Å². The topological polar surface area (TPSA) is 44.4 Å². The van der Waals surface area contributed by atoms with Gasteiger partial charge in [-0.2, -0.15) is 0 Å². The zero-order valence-electron chi connectivity index (χ0n) is 11.8. The third kappa shape index (κ3) is 5.42. The van der Waals surface area contributed by atoms with Crippen molar-refractivity contribution < 1.29 is 4.79 Å². The van der Waals surface area contributed by atoms with E-state index in [1.54, 1.807) is 0 Å². The zero-order chi connectivity index (χ0) is 14.2. The van der Waals surface area contributed by atoms with Crippen LogP contribution in [0.3, 0.4) is 0 Å². The van der Waals surface area contributed by atoms with E-state index in [0.717, 1.165) is 18.0 Å². The molecule has 112 valence electrons. The third-order valence-corrected chi connectivity index (χ3v) is 4.69. The number of nitrogens with zero attached hydrogens (tertiary/aromatic N) is 1. The molecule has 3 aliphatic heterocycles. The fourth-order valence-corrected chi connectivity index (χ4v) is 3.48. The van der Waals surface area contributed by atoms with Gasteiger partial charge in [0.1, 0.15) is 4.32 Å². The second kappa shape index (κ2) is 8.64. The molecule has 3 aliphatic rings. The molecule has 2 N–H and O–H groups in total. The Hall–Kier alpha value is -0.590. The SMILES string of the molecule is C1CCNCC1.O=C1NC(=S)SC1=CN1CCCCC1. The fourth-order valence-electron chi connectivity index (χ4n) is 2.43. The van der Waals surface area contributed by atoms with Crippen LogP contribution in [-0.4, -0.2) is 41.3 Å². The first-order valence-corrected chi connectivity index (χ1v) is 8.68. The number of carbonyl (C=O) groups is 1. The Morgan fingerprint density at radius 3 is 2.15 bits per heavy atom. The van der Waals surface area contributed by atoms with Gasteiger partial charge in [0.25, 0.3) is 5.91 Å². The number of rotatable bonds is 1. The number of amides is 1. The van der Waals surface area contributed by atoms with Crippen molar-refractivity contribution in [2.75, 3.05) is 26.2 Å². The summed E-state index contributed by atoms with van der Waals surface area (Å²) in [6.45, 7) is 4.62. The van der Waals surface area contributed by atoms with Gasteiger partial charge in [-0.05, 0) is 45.2 Å². The van der Waals surface area contributed by atoms with E-state index < -0.39 is 0 Å². The minimum absolute atomic E-state index is 0.0504. The van der Waals surface area contributed by atoms with Crippen molar-refractivity contribution in [1.29, 1.82) is 0 Å². The van der Waals surface area contributed by atoms with Crippen LogP contribution in [0.5, 0.6) is 0 Å². The Bertz CT molecular complexity index is 363. The highest BCUT2D eigenvalue weighted by molar-refractivity contribution is 8.26. The van der Waals surface area contributed by atoms with Crippen LogP contribution in [0.15, 0.2) is 11.1 Å². The van der Waals surface area contributed by atoms with Crippen LogP contribution in [0.1, 0.15) is 38.5 Å². The highest BCUT2D eigenvalue weighted by atomic mass is 32.2. The Labute approximate surface area is 130 Å². The monoisotopic (exact) mass is 313 g/mol. The molecule has 0 spiro atoms. The standard InChI is InChI=1S/C9H12N2OS2.C5H11N/c12-8-7(14-9(13)10-8)6-11-4-2-1-3-5-11;1-2-4-6-5-3-1/h6H,1-5H2,(H,10,12,13);6H,1-5H2. The molecule has 0 saturated carbocycles. The van der Waals surface area contributed by atoms with Gasteiger partial charge in [0.05, 0.1) is 4.91 Å². The molecule has 20 heavy (non-hydrogen) atoms. The van der Waals surface area contributed by atoms with E-state index in [0.29, 0.717) is 4.32 Å². The van der Waals surface area contributed by atoms with E-state index in [1.807, 2.05) is 6.20 Å². The first-order valence-electron chi connectivity index (χ1n) is 7.45. The maximum Gasteiger partial charge on any atom is 0.265 e. The first-order chi connectivity index (χ1) is 9.75. The van der Waals surface area contributed by atoms with E-state index in [-0.39, 0.29) is 5.91 Å². The highest BCUT2D eigenvalue weighted by Gasteiger charge is 2.23. The molecular weight excluding hydrogens is 290 g/mol. The van der Waals surface area contributed by atoms with Gasteiger partial charge in [-0.25, -0.2) is 0 Å².